The molecule has 0 amide bonds. The van der Waals surface area contributed by atoms with Crippen LogP contribution in [-0.2, 0) is 0 Å². The average molecular weight is 321 g/mol. The van der Waals surface area contributed by atoms with Gasteiger partial charge in [-0.1, -0.05) is 17.6 Å². The minimum absolute atomic E-state index is 0.348. The number of nitrogens with zero attached hydrogens (tertiary/aromatic N) is 3. The molecule has 0 atom stereocenters. The van der Waals surface area contributed by atoms with Gasteiger partial charge in [0.25, 0.3) is 0 Å². The highest BCUT2D eigenvalue weighted by Gasteiger charge is 2.04. The molecule has 0 spiro atoms. The van der Waals surface area contributed by atoms with Crippen molar-refractivity contribution in [2.75, 3.05) is 11.9 Å². The number of halogens is 1. The molecule has 24 heavy (non-hydrogen) atoms. The second-order valence-corrected chi connectivity index (χ2v) is 5.60. The molecule has 2 rings (SSSR count). The summed E-state index contributed by atoms with van der Waals surface area (Å²) in [6, 6.07) is 8.69. The van der Waals surface area contributed by atoms with Crippen molar-refractivity contribution in [3.63, 3.8) is 0 Å². The molecule has 0 aliphatic rings. The maximum Gasteiger partial charge on any atom is 0.141 e. The first-order valence-electron chi connectivity index (χ1n) is 7.61. The first kappa shape index (κ1) is 17.4. The molecule has 0 fully saturated rings. The predicted molar refractivity (Wildman–Crippen MR) is 95.8 cm³/mol. The molecule has 0 saturated heterocycles. The van der Waals surface area contributed by atoms with Gasteiger partial charge in [-0.05, 0) is 56.5 Å². The van der Waals surface area contributed by atoms with Crippen molar-refractivity contribution in [2.24, 2.45) is 0 Å². The number of hydrogen-bond acceptors (Lipinski definition) is 3. The normalized spacial score (nSPS) is 10.6. The zero-order valence-electron chi connectivity index (χ0n) is 14.3. The molecule has 122 valence electrons. The molecule has 0 bridgehead atoms. The van der Waals surface area contributed by atoms with Gasteiger partial charge >= 0.3 is 0 Å². The van der Waals surface area contributed by atoms with Crippen molar-refractivity contribution in [3.8, 4) is 11.8 Å². The summed E-state index contributed by atoms with van der Waals surface area (Å²) in [7, 11) is 1.87. The Morgan fingerprint density at radius 2 is 1.92 bits per heavy atom. The molecule has 2 aromatic rings. The Balaban J connectivity index is 2.26. The Hall–Kier alpha value is -2.93. The fraction of sp³-hybridized carbons (Fsp3) is 0.200. The quantitative estimate of drug-likeness (QED) is 0.622. The van der Waals surface area contributed by atoms with E-state index in [0.717, 1.165) is 22.4 Å². The van der Waals surface area contributed by atoms with Crippen molar-refractivity contribution < 1.29 is 4.39 Å². The lowest BCUT2D eigenvalue weighted by molar-refractivity contribution is 0.621. The lowest BCUT2D eigenvalue weighted by atomic mass is 10.0. The summed E-state index contributed by atoms with van der Waals surface area (Å²) in [6.07, 6.45) is 4.87. The van der Waals surface area contributed by atoms with Gasteiger partial charge in [-0.15, -0.1) is 0 Å². The van der Waals surface area contributed by atoms with Crippen LogP contribution < -0.4 is 4.90 Å². The summed E-state index contributed by atoms with van der Waals surface area (Å²) in [5.74, 6) is 6.60. The van der Waals surface area contributed by atoms with Gasteiger partial charge in [0.15, 0.2) is 0 Å². The lowest BCUT2D eigenvalue weighted by Crippen LogP contribution is -2.11. The zero-order valence-corrected chi connectivity index (χ0v) is 14.3. The van der Waals surface area contributed by atoms with E-state index in [9.17, 15) is 4.39 Å². The number of pyridine rings is 2. The van der Waals surface area contributed by atoms with Crippen LogP contribution in [0.1, 0.15) is 26.5 Å². The van der Waals surface area contributed by atoms with Crippen LogP contribution in [0, 0.1) is 17.7 Å². The van der Waals surface area contributed by atoms with Gasteiger partial charge in [0.2, 0.25) is 0 Å². The van der Waals surface area contributed by atoms with Crippen molar-refractivity contribution in [1.29, 1.82) is 0 Å². The summed E-state index contributed by atoms with van der Waals surface area (Å²) in [5, 5.41) is 0. The Morgan fingerprint density at radius 3 is 2.50 bits per heavy atom. The first-order chi connectivity index (χ1) is 11.5. The Bertz CT molecular complexity index is 805. The van der Waals surface area contributed by atoms with Crippen LogP contribution in [0.25, 0.3) is 0 Å². The molecular weight excluding hydrogens is 301 g/mol. The highest BCUT2D eigenvalue weighted by Crippen LogP contribution is 2.17. The second-order valence-electron chi connectivity index (χ2n) is 5.60. The molecule has 0 unspecified atom stereocenters. The van der Waals surface area contributed by atoms with E-state index < -0.39 is 0 Å². The first-order valence-corrected chi connectivity index (χ1v) is 7.61. The molecule has 0 aliphatic heterocycles. The van der Waals surface area contributed by atoms with E-state index in [0.29, 0.717) is 5.82 Å². The lowest BCUT2D eigenvalue weighted by Gasteiger charge is -2.15. The third-order valence-corrected chi connectivity index (χ3v) is 3.34. The fourth-order valence-electron chi connectivity index (χ4n) is 2.18. The predicted octanol–water partition coefficient (Wildman–Crippen LogP) is 4.34. The van der Waals surface area contributed by atoms with Crippen LogP contribution in [0.2, 0.25) is 0 Å². The third kappa shape index (κ3) is 4.79. The Kier molecular flexibility index (Phi) is 5.86. The van der Waals surface area contributed by atoms with Gasteiger partial charge in [-0.25, -0.2) is 14.4 Å². The van der Waals surface area contributed by atoms with Crippen LogP contribution in [-0.4, -0.2) is 17.0 Å². The molecule has 0 aliphatic carbocycles. The van der Waals surface area contributed by atoms with E-state index in [-0.39, 0.29) is 5.82 Å². The molecular formula is C20H20FN3. The number of anilines is 1. The highest BCUT2D eigenvalue weighted by molar-refractivity contribution is 5.52. The SMILES string of the molecule is CC(C)=C(C#Cc1ccccn1)/C(C)=C\N(C)c1ccc(F)cn1. The van der Waals surface area contributed by atoms with Crippen LogP contribution in [0.15, 0.2) is 65.6 Å². The molecule has 0 N–H and O–H groups in total. The van der Waals surface area contributed by atoms with Crippen molar-refractivity contribution >= 4 is 5.82 Å². The largest absolute Gasteiger partial charge is 0.336 e. The molecule has 0 radical (unpaired) electrons. The van der Waals surface area contributed by atoms with Crippen LogP contribution in [0.5, 0.6) is 0 Å². The summed E-state index contributed by atoms with van der Waals surface area (Å²) in [4.78, 5) is 10.1. The van der Waals surface area contributed by atoms with Gasteiger partial charge in [-0.2, -0.15) is 0 Å². The summed E-state index contributed by atoms with van der Waals surface area (Å²) >= 11 is 0. The van der Waals surface area contributed by atoms with Crippen LogP contribution >= 0.6 is 0 Å². The molecule has 2 aromatic heterocycles. The van der Waals surface area contributed by atoms with Crippen molar-refractivity contribution in [1.82, 2.24) is 9.97 Å². The fourth-order valence-corrected chi connectivity index (χ4v) is 2.18. The highest BCUT2D eigenvalue weighted by atomic mass is 19.1. The van der Waals surface area contributed by atoms with E-state index >= 15 is 0 Å². The maximum absolute atomic E-state index is 13.0. The number of hydrogen-bond donors (Lipinski definition) is 0. The van der Waals surface area contributed by atoms with Crippen molar-refractivity contribution in [2.45, 2.75) is 20.8 Å². The van der Waals surface area contributed by atoms with Gasteiger partial charge in [0.1, 0.15) is 17.3 Å². The van der Waals surface area contributed by atoms with Gasteiger partial charge < -0.3 is 4.90 Å². The smallest absolute Gasteiger partial charge is 0.141 e. The van der Waals surface area contributed by atoms with Gasteiger partial charge in [0, 0.05) is 25.0 Å². The summed E-state index contributed by atoms with van der Waals surface area (Å²) < 4.78 is 13.0. The maximum atomic E-state index is 13.0. The number of rotatable bonds is 3. The second kappa shape index (κ2) is 8.07. The molecule has 3 nitrogen and oxygen atoms in total. The topological polar surface area (TPSA) is 29.0 Å². The van der Waals surface area contributed by atoms with E-state index in [2.05, 4.69) is 21.8 Å². The average Bonchev–Trinajstić information content (AvgIpc) is 2.56. The standard InChI is InChI=1S/C20H20FN3/c1-15(2)19(10-9-18-7-5-6-12-22-18)16(3)14-24(4)20-11-8-17(21)13-23-20/h5-8,11-14H,1-4H3/b16-14-. The third-order valence-electron chi connectivity index (χ3n) is 3.34. The minimum atomic E-state index is -0.348. The minimum Gasteiger partial charge on any atom is -0.336 e. The number of allylic oxidation sites excluding steroid dienone is 3. The Labute approximate surface area is 142 Å². The van der Waals surface area contributed by atoms with E-state index in [1.807, 2.05) is 57.1 Å². The van der Waals surface area contributed by atoms with Crippen LogP contribution in [0.3, 0.4) is 0 Å². The Morgan fingerprint density at radius 1 is 1.12 bits per heavy atom. The zero-order chi connectivity index (χ0) is 17.5. The van der Waals surface area contributed by atoms with E-state index in [1.165, 1.54) is 12.3 Å². The summed E-state index contributed by atoms with van der Waals surface area (Å²) in [5.41, 5.74) is 3.81. The monoisotopic (exact) mass is 321 g/mol. The molecule has 0 aromatic carbocycles. The molecule has 2 heterocycles. The number of aromatic nitrogens is 2. The van der Waals surface area contributed by atoms with E-state index in [4.69, 9.17) is 0 Å². The van der Waals surface area contributed by atoms with Gasteiger partial charge in [-0.3, -0.25) is 0 Å². The van der Waals surface area contributed by atoms with E-state index in [1.54, 1.807) is 12.3 Å². The van der Waals surface area contributed by atoms with Crippen LogP contribution in [0.4, 0.5) is 10.2 Å². The molecule has 0 saturated carbocycles. The van der Waals surface area contributed by atoms with Gasteiger partial charge in [0.05, 0.1) is 6.20 Å². The van der Waals surface area contributed by atoms with Crippen molar-refractivity contribution in [3.05, 3.63) is 77.2 Å². The summed E-state index contributed by atoms with van der Waals surface area (Å²) in [6.45, 7) is 6.04. The molecule has 4 heteroatoms.